The van der Waals surface area contributed by atoms with Crippen LogP contribution in [0, 0.1) is 0 Å². The summed E-state index contributed by atoms with van der Waals surface area (Å²) in [5.41, 5.74) is 0.472. The highest BCUT2D eigenvalue weighted by Crippen LogP contribution is 2.33. The molecule has 2 heterocycles. The van der Waals surface area contributed by atoms with Crippen LogP contribution in [0.2, 0.25) is 5.02 Å². The first-order valence-corrected chi connectivity index (χ1v) is 8.77. The molecule has 1 unspecified atom stereocenters. The minimum Gasteiger partial charge on any atom is -0.332 e. The zero-order valence-corrected chi connectivity index (χ0v) is 15.4. The van der Waals surface area contributed by atoms with Crippen molar-refractivity contribution in [2.24, 2.45) is 14.1 Å². The molecule has 1 aliphatic rings. The number of hydrogen-bond acceptors (Lipinski definition) is 3. The van der Waals surface area contributed by atoms with Crippen LogP contribution in [0.1, 0.15) is 30.0 Å². The van der Waals surface area contributed by atoms with Crippen LogP contribution in [0.4, 0.5) is 0 Å². The standard InChI is InChI=1S/C19H20ClN3O3/c1-21-12-14(18(25)22(2)19(21)26)8-9-17(24)23-10-4-7-16(23)13-5-3-6-15(20)11-13/h3,5-6,8-9,11-12,16H,4,7,10H2,1-2H3/b9-8+. The van der Waals surface area contributed by atoms with Gasteiger partial charge in [-0.2, -0.15) is 0 Å². The summed E-state index contributed by atoms with van der Waals surface area (Å²) in [5, 5.41) is 0.644. The van der Waals surface area contributed by atoms with E-state index in [-0.39, 0.29) is 11.9 Å². The van der Waals surface area contributed by atoms with Crippen LogP contribution in [-0.2, 0) is 18.9 Å². The molecule has 26 heavy (non-hydrogen) atoms. The quantitative estimate of drug-likeness (QED) is 0.774. The van der Waals surface area contributed by atoms with E-state index in [0.29, 0.717) is 17.1 Å². The Labute approximate surface area is 155 Å². The van der Waals surface area contributed by atoms with Gasteiger partial charge in [0.25, 0.3) is 5.56 Å². The van der Waals surface area contributed by atoms with Gasteiger partial charge in [0.2, 0.25) is 5.91 Å². The summed E-state index contributed by atoms with van der Waals surface area (Å²) < 4.78 is 2.34. The van der Waals surface area contributed by atoms with E-state index in [1.807, 2.05) is 24.3 Å². The normalized spacial score (nSPS) is 17.2. The topological polar surface area (TPSA) is 64.3 Å². The fourth-order valence-electron chi connectivity index (χ4n) is 3.30. The van der Waals surface area contributed by atoms with Crippen molar-refractivity contribution in [3.8, 4) is 0 Å². The zero-order valence-electron chi connectivity index (χ0n) is 14.7. The van der Waals surface area contributed by atoms with Crippen molar-refractivity contribution >= 4 is 23.6 Å². The highest BCUT2D eigenvalue weighted by molar-refractivity contribution is 6.30. The first kappa shape index (κ1) is 18.2. The average Bonchev–Trinajstić information content (AvgIpc) is 3.11. The molecule has 1 aromatic heterocycles. The molecule has 0 aliphatic carbocycles. The molecular formula is C19H20ClN3O3. The second-order valence-electron chi connectivity index (χ2n) is 6.42. The number of hydrogen-bond donors (Lipinski definition) is 0. The molecule has 1 aliphatic heterocycles. The van der Waals surface area contributed by atoms with Crippen LogP contribution in [0.3, 0.4) is 0 Å². The molecule has 1 atom stereocenters. The molecule has 6 nitrogen and oxygen atoms in total. The van der Waals surface area contributed by atoms with Gasteiger partial charge >= 0.3 is 5.69 Å². The van der Waals surface area contributed by atoms with Crippen LogP contribution < -0.4 is 11.2 Å². The molecule has 1 fully saturated rings. The maximum absolute atomic E-state index is 12.7. The van der Waals surface area contributed by atoms with Gasteiger partial charge in [-0.05, 0) is 36.6 Å². The highest BCUT2D eigenvalue weighted by Gasteiger charge is 2.28. The van der Waals surface area contributed by atoms with Gasteiger partial charge in [0.05, 0.1) is 11.6 Å². The SMILES string of the molecule is Cn1cc(/C=C/C(=O)N2CCCC2c2cccc(Cl)c2)c(=O)n(C)c1=O. The Morgan fingerprint density at radius 2 is 2.04 bits per heavy atom. The van der Waals surface area contributed by atoms with Gasteiger partial charge in [0.15, 0.2) is 0 Å². The van der Waals surface area contributed by atoms with Crippen LogP contribution >= 0.6 is 11.6 Å². The van der Waals surface area contributed by atoms with E-state index in [1.165, 1.54) is 30.0 Å². The van der Waals surface area contributed by atoms with Crippen LogP contribution in [-0.4, -0.2) is 26.5 Å². The molecule has 3 rings (SSSR count). The van der Waals surface area contributed by atoms with Gasteiger partial charge in [-0.1, -0.05) is 23.7 Å². The molecule has 0 radical (unpaired) electrons. The molecule has 2 aromatic rings. The first-order valence-electron chi connectivity index (χ1n) is 8.39. The molecule has 0 bridgehead atoms. The Morgan fingerprint density at radius 1 is 1.27 bits per heavy atom. The molecule has 0 spiro atoms. The summed E-state index contributed by atoms with van der Waals surface area (Å²) >= 11 is 6.07. The molecule has 1 amide bonds. The van der Waals surface area contributed by atoms with Crippen molar-refractivity contribution < 1.29 is 4.79 Å². The second-order valence-corrected chi connectivity index (χ2v) is 6.86. The van der Waals surface area contributed by atoms with Crippen molar-refractivity contribution in [1.82, 2.24) is 14.0 Å². The van der Waals surface area contributed by atoms with Crippen LogP contribution in [0.25, 0.3) is 6.08 Å². The van der Waals surface area contributed by atoms with Gasteiger partial charge in [0, 0.05) is 37.9 Å². The molecule has 7 heteroatoms. The summed E-state index contributed by atoms with van der Waals surface area (Å²) in [7, 11) is 2.98. The predicted octanol–water partition coefficient (Wildman–Crippen LogP) is 2.11. The van der Waals surface area contributed by atoms with Crippen molar-refractivity contribution in [2.75, 3.05) is 6.54 Å². The number of halogens is 1. The number of amides is 1. The third-order valence-electron chi connectivity index (χ3n) is 4.65. The zero-order chi connectivity index (χ0) is 18.8. The van der Waals surface area contributed by atoms with Gasteiger partial charge in [-0.3, -0.25) is 14.2 Å². The Hall–Kier alpha value is -2.60. The van der Waals surface area contributed by atoms with E-state index in [4.69, 9.17) is 11.6 Å². The van der Waals surface area contributed by atoms with E-state index in [0.717, 1.165) is 23.0 Å². The molecule has 1 aromatic carbocycles. The van der Waals surface area contributed by atoms with Crippen molar-refractivity contribution in [2.45, 2.75) is 18.9 Å². The fourth-order valence-corrected chi connectivity index (χ4v) is 3.50. The summed E-state index contributed by atoms with van der Waals surface area (Å²) in [6.45, 7) is 0.658. The van der Waals surface area contributed by atoms with E-state index in [2.05, 4.69) is 0 Å². The van der Waals surface area contributed by atoms with Crippen molar-refractivity contribution in [1.29, 1.82) is 0 Å². The lowest BCUT2D eigenvalue weighted by Crippen LogP contribution is -2.37. The number of aryl methyl sites for hydroxylation is 1. The van der Waals surface area contributed by atoms with Gasteiger partial charge in [0.1, 0.15) is 0 Å². The van der Waals surface area contributed by atoms with Crippen LogP contribution in [0.15, 0.2) is 46.1 Å². The first-order chi connectivity index (χ1) is 12.4. The summed E-state index contributed by atoms with van der Waals surface area (Å²) in [4.78, 5) is 38.3. The number of likely N-dealkylation sites (tertiary alicyclic amines) is 1. The average molecular weight is 374 g/mol. The summed E-state index contributed by atoms with van der Waals surface area (Å²) in [5.74, 6) is -0.164. The lowest BCUT2D eigenvalue weighted by Gasteiger charge is -2.24. The third kappa shape index (κ3) is 3.51. The largest absolute Gasteiger partial charge is 0.332 e. The van der Waals surface area contributed by atoms with E-state index >= 15 is 0 Å². The van der Waals surface area contributed by atoms with Crippen molar-refractivity contribution in [3.63, 3.8) is 0 Å². The second kappa shape index (κ2) is 7.33. The lowest BCUT2D eigenvalue weighted by atomic mass is 10.0. The van der Waals surface area contributed by atoms with Gasteiger partial charge in [-0.25, -0.2) is 4.79 Å². The molecule has 1 saturated heterocycles. The minimum atomic E-state index is -0.426. The van der Waals surface area contributed by atoms with Gasteiger partial charge < -0.3 is 9.47 Å². The minimum absolute atomic E-state index is 0.0196. The molecule has 0 N–H and O–H groups in total. The summed E-state index contributed by atoms with van der Waals surface area (Å²) in [6.07, 6.45) is 6.09. The Kier molecular flexibility index (Phi) is 5.13. The Bertz CT molecular complexity index is 990. The lowest BCUT2D eigenvalue weighted by molar-refractivity contribution is -0.126. The molecule has 0 saturated carbocycles. The highest BCUT2D eigenvalue weighted by atomic mass is 35.5. The maximum Gasteiger partial charge on any atom is 0.330 e. The van der Waals surface area contributed by atoms with Gasteiger partial charge in [-0.15, -0.1) is 0 Å². The van der Waals surface area contributed by atoms with E-state index in [9.17, 15) is 14.4 Å². The summed E-state index contributed by atoms with van der Waals surface area (Å²) in [6, 6.07) is 7.51. The third-order valence-corrected chi connectivity index (χ3v) is 4.88. The Balaban J connectivity index is 1.85. The Morgan fingerprint density at radius 3 is 2.77 bits per heavy atom. The fraction of sp³-hybridized carbons (Fsp3) is 0.316. The smallest absolute Gasteiger partial charge is 0.330 e. The number of nitrogens with zero attached hydrogens (tertiary/aromatic N) is 3. The number of benzene rings is 1. The maximum atomic E-state index is 12.7. The van der Waals surface area contributed by atoms with Crippen molar-refractivity contribution in [3.05, 3.63) is 73.5 Å². The van der Waals surface area contributed by atoms with E-state index in [1.54, 1.807) is 11.9 Å². The molecular weight excluding hydrogens is 354 g/mol. The number of aromatic nitrogens is 2. The number of carbonyl (C=O) groups is 1. The number of carbonyl (C=O) groups excluding carboxylic acids is 1. The molecule has 136 valence electrons. The monoisotopic (exact) mass is 373 g/mol. The predicted molar refractivity (Wildman–Crippen MR) is 101 cm³/mol. The number of rotatable bonds is 3. The van der Waals surface area contributed by atoms with E-state index < -0.39 is 11.2 Å². The van der Waals surface area contributed by atoms with Crippen LogP contribution in [0.5, 0.6) is 0 Å².